The summed E-state index contributed by atoms with van der Waals surface area (Å²) in [6.07, 6.45) is 2.39. The largest absolute Gasteiger partial charge is 0.497 e. The molecule has 1 aliphatic rings. The number of rotatable bonds is 3. The number of ether oxygens (including phenoxy) is 1. The van der Waals surface area contributed by atoms with Crippen LogP contribution in [0, 0.1) is 0 Å². The monoisotopic (exact) mass is 191 g/mol. The van der Waals surface area contributed by atoms with Gasteiger partial charge in [0.2, 0.25) is 0 Å². The van der Waals surface area contributed by atoms with Crippen molar-refractivity contribution in [2.75, 3.05) is 13.7 Å². The molecule has 1 atom stereocenters. The number of benzene rings is 1. The molecular formula is C12H17NO. The predicted octanol–water partition coefficient (Wildman–Crippen LogP) is 2.29. The highest BCUT2D eigenvalue weighted by Gasteiger charge is 2.21. The molecule has 2 nitrogen and oxygen atoms in total. The van der Waals surface area contributed by atoms with Crippen molar-refractivity contribution in [2.45, 2.75) is 25.8 Å². The highest BCUT2D eigenvalue weighted by atomic mass is 16.5. The summed E-state index contributed by atoms with van der Waals surface area (Å²) in [5.74, 6) is 0.973. The fraction of sp³-hybridized carbons (Fsp3) is 0.500. The lowest BCUT2D eigenvalue weighted by atomic mass is 10.1. The van der Waals surface area contributed by atoms with Gasteiger partial charge < -0.3 is 10.1 Å². The SMILES string of the molecule is CCNC1CCc2cc(OC)ccc21. The van der Waals surface area contributed by atoms with E-state index in [0.29, 0.717) is 6.04 Å². The number of aryl methyl sites for hydroxylation is 1. The first-order chi connectivity index (χ1) is 6.85. The van der Waals surface area contributed by atoms with Crippen molar-refractivity contribution in [3.05, 3.63) is 29.3 Å². The van der Waals surface area contributed by atoms with Crippen LogP contribution in [0.3, 0.4) is 0 Å². The molecule has 0 spiro atoms. The second-order valence-corrected chi connectivity index (χ2v) is 3.71. The average Bonchev–Trinajstić information content (AvgIpc) is 2.61. The van der Waals surface area contributed by atoms with E-state index in [1.54, 1.807) is 7.11 Å². The minimum Gasteiger partial charge on any atom is -0.497 e. The molecule has 1 aromatic carbocycles. The minimum absolute atomic E-state index is 0.556. The van der Waals surface area contributed by atoms with Crippen LogP contribution >= 0.6 is 0 Å². The van der Waals surface area contributed by atoms with Gasteiger partial charge in [-0.2, -0.15) is 0 Å². The molecule has 0 saturated carbocycles. The third-order valence-electron chi connectivity index (χ3n) is 2.88. The van der Waals surface area contributed by atoms with Crippen molar-refractivity contribution in [2.24, 2.45) is 0 Å². The third kappa shape index (κ3) is 1.62. The van der Waals surface area contributed by atoms with Crippen LogP contribution in [-0.2, 0) is 6.42 Å². The lowest BCUT2D eigenvalue weighted by Crippen LogP contribution is -2.18. The summed E-state index contributed by atoms with van der Waals surface area (Å²) in [5.41, 5.74) is 2.89. The summed E-state index contributed by atoms with van der Waals surface area (Å²) >= 11 is 0. The lowest BCUT2D eigenvalue weighted by Gasteiger charge is -2.12. The summed E-state index contributed by atoms with van der Waals surface area (Å²) in [5, 5.41) is 3.50. The van der Waals surface area contributed by atoms with Gasteiger partial charge in [0.25, 0.3) is 0 Å². The average molecular weight is 191 g/mol. The normalized spacial score (nSPS) is 19.4. The Morgan fingerprint density at radius 2 is 2.36 bits per heavy atom. The quantitative estimate of drug-likeness (QED) is 0.791. The topological polar surface area (TPSA) is 21.3 Å². The highest BCUT2D eigenvalue weighted by Crippen LogP contribution is 2.33. The van der Waals surface area contributed by atoms with Gasteiger partial charge in [-0.15, -0.1) is 0 Å². The summed E-state index contributed by atoms with van der Waals surface area (Å²) in [7, 11) is 1.72. The fourth-order valence-electron chi connectivity index (χ4n) is 2.18. The maximum atomic E-state index is 5.21. The van der Waals surface area contributed by atoms with Gasteiger partial charge in [0.1, 0.15) is 5.75 Å². The molecule has 0 aliphatic heterocycles. The van der Waals surface area contributed by atoms with E-state index in [4.69, 9.17) is 4.74 Å². The molecule has 0 saturated heterocycles. The summed E-state index contributed by atoms with van der Waals surface area (Å²) in [6, 6.07) is 6.95. The summed E-state index contributed by atoms with van der Waals surface area (Å²) in [6.45, 7) is 3.19. The molecule has 0 radical (unpaired) electrons. The highest BCUT2D eigenvalue weighted by molar-refractivity contribution is 5.40. The smallest absolute Gasteiger partial charge is 0.119 e. The molecule has 76 valence electrons. The van der Waals surface area contributed by atoms with Crippen LogP contribution in [-0.4, -0.2) is 13.7 Å². The molecule has 0 heterocycles. The summed E-state index contributed by atoms with van der Waals surface area (Å²) in [4.78, 5) is 0. The molecule has 14 heavy (non-hydrogen) atoms. The molecule has 1 N–H and O–H groups in total. The van der Waals surface area contributed by atoms with Crippen molar-refractivity contribution in [1.82, 2.24) is 5.32 Å². The molecular weight excluding hydrogens is 174 g/mol. The van der Waals surface area contributed by atoms with Crippen LogP contribution in [0.2, 0.25) is 0 Å². The van der Waals surface area contributed by atoms with Crippen LogP contribution in [0.1, 0.15) is 30.5 Å². The van der Waals surface area contributed by atoms with Crippen LogP contribution in [0.5, 0.6) is 5.75 Å². The van der Waals surface area contributed by atoms with E-state index in [-0.39, 0.29) is 0 Å². The Hall–Kier alpha value is -1.02. The predicted molar refractivity (Wildman–Crippen MR) is 57.7 cm³/mol. The standard InChI is InChI=1S/C12H17NO/c1-3-13-12-7-4-9-8-10(14-2)5-6-11(9)12/h5-6,8,12-13H,3-4,7H2,1-2H3. The van der Waals surface area contributed by atoms with Gasteiger partial charge in [-0.05, 0) is 42.6 Å². The Labute approximate surface area is 85.3 Å². The molecule has 2 heteroatoms. The number of hydrogen-bond donors (Lipinski definition) is 1. The Morgan fingerprint density at radius 3 is 3.07 bits per heavy atom. The van der Waals surface area contributed by atoms with E-state index in [1.165, 1.54) is 24.0 Å². The zero-order valence-electron chi connectivity index (χ0n) is 8.84. The molecule has 1 unspecified atom stereocenters. The van der Waals surface area contributed by atoms with Gasteiger partial charge in [-0.25, -0.2) is 0 Å². The molecule has 1 aromatic rings. The molecule has 1 aliphatic carbocycles. The first kappa shape index (κ1) is 9.53. The number of fused-ring (bicyclic) bond motifs is 1. The van der Waals surface area contributed by atoms with Crippen molar-refractivity contribution in [3.63, 3.8) is 0 Å². The number of methoxy groups -OCH3 is 1. The van der Waals surface area contributed by atoms with E-state index in [0.717, 1.165) is 12.3 Å². The van der Waals surface area contributed by atoms with E-state index in [2.05, 4.69) is 30.4 Å². The Morgan fingerprint density at radius 1 is 1.50 bits per heavy atom. The van der Waals surface area contributed by atoms with Crippen LogP contribution in [0.4, 0.5) is 0 Å². The molecule has 0 aromatic heterocycles. The second-order valence-electron chi connectivity index (χ2n) is 3.71. The van der Waals surface area contributed by atoms with Gasteiger partial charge in [0.15, 0.2) is 0 Å². The Balaban J connectivity index is 2.24. The molecule has 2 rings (SSSR count). The van der Waals surface area contributed by atoms with E-state index in [1.807, 2.05) is 0 Å². The van der Waals surface area contributed by atoms with Gasteiger partial charge in [0.05, 0.1) is 7.11 Å². The molecule has 0 amide bonds. The first-order valence-corrected chi connectivity index (χ1v) is 5.25. The summed E-state index contributed by atoms with van der Waals surface area (Å²) < 4.78 is 5.21. The molecule has 0 bridgehead atoms. The van der Waals surface area contributed by atoms with Gasteiger partial charge in [-0.1, -0.05) is 13.0 Å². The van der Waals surface area contributed by atoms with Crippen molar-refractivity contribution in [1.29, 1.82) is 0 Å². The zero-order chi connectivity index (χ0) is 9.97. The number of hydrogen-bond acceptors (Lipinski definition) is 2. The maximum absolute atomic E-state index is 5.21. The van der Waals surface area contributed by atoms with Gasteiger partial charge in [0, 0.05) is 6.04 Å². The van der Waals surface area contributed by atoms with Gasteiger partial charge in [-0.3, -0.25) is 0 Å². The van der Waals surface area contributed by atoms with Crippen LogP contribution in [0.25, 0.3) is 0 Å². The minimum atomic E-state index is 0.556. The number of nitrogens with one attached hydrogen (secondary N) is 1. The van der Waals surface area contributed by atoms with Gasteiger partial charge >= 0.3 is 0 Å². The molecule has 0 fully saturated rings. The lowest BCUT2D eigenvalue weighted by molar-refractivity contribution is 0.414. The van der Waals surface area contributed by atoms with E-state index < -0.39 is 0 Å². The van der Waals surface area contributed by atoms with Crippen LogP contribution in [0.15, 0.2) is 18.2 Å². The van der Waals surface area contributed by atoms with Crippen LogP contribution < -0.4 is 10.1 Å². The Bertz CT molecular complexity index is 322. The third-order valence-corrected chi connectivity index (χ3v) is 2.88. The fourth-order valence-corrected chi connectivity index (χ4v) is 2.18. The second kappa shape index (κ2) is 4.01. The van der Waals surface area contributed by atoms with E-state index >= 15 is 0 Å². The Kier molecular flexibility index (Phi) is 2.73. The first-order valence-electron chi connectivity index (χ1n) is 5.25. The van der Waals surface area contributed by atoms with Crippen molar-refractivity contribution in [3.8, 4) is 5.75 Å². The zero-order valence-corrected chi connectivity index (χ0v) is 8.84. The van der Waals surface area contributed by atoms with Crippen molar-refractivity contribution >= 4 is 0 Å². The van der Waals surface area contributed by atoms with Crippen molar-refractivity contribution < 1.29 is 4.74 Å². The van der Waals surface area contributed by atoms with E-state index in [9.17, 15) is 0 Å². The maximum Gasteiger partial charge on any atom is 0.119 e.